The van der Waals surface area contributed by atoms with Crippen LogP contribution in [0, 0.1) is 6.92 Å². The van der Waals surface area contributed by atoms with E-state index in [1.165, 1.54) is 6.33 Å². The van der Waals surface area contributed by atoms with Crippen LogP contribution in [0.15, 0.2) is 36.9 Å². The summed E-state index contributed by atoms with van der Waals surface area (Å²) in [4.78, 5) is 28.4. The summed E-state index contributed by atoms with van der Waals surface area (Å²) in [6.45, 7) is 5.94. The van der Waals surface area contributed by atoms with Gasteiger partial charge in [0.1, 0.15) is 23.4 Å². The molecule has 1 aliphatic heterocycles. The number of hydrogen-bond acceptors (Lipinski definition) is 7. The summed E-state index contributed by atoms with van der Waals surface area (Å²) < 4.78 is 7.55. The average Bonchev–Trinajstić information content (AvgIpc) is 3.28. The van der Waals surface area contributed by atoms with Crippen molar-refractivity contribution in [2.24, 2.45) is 0 Å². The van der Waals surface area contributed by atoms with Gasteiger partial charge in [-0.05, 0) is 38.5 Å². The maximum absolute atomic E-state index is 12.6. The molecule has 0 spiro atoms. The quantitative estimate of drug-likeness (QED) is 0.505. The van der Waals surface area contributed by atoms with Crippen molar-refractivity contribution in [3.63, 3.8) is 0 Å². The van der Waals surface area contributed by atoms with Crippen molar-refractivity contribution in [1.82, 2.24) is 29.7 Å². The average molecular weight is 436 g/mol. The Kier molecular flexibility index (Phi) is 4.85. The molecule has 1 atom stereocenters. The number of H-pyrrole nitrogens is 1. The van der Waals surface area contributed by atoms with Gasteiger partial charge in [0, 0.05) is 5.56 Å². The number of carbonyl (C=O) groups excluding carboxylic acids is 1. The van der Waals surface area contributed by atoms with Crippen LogP contribution < -0.4 is 10.1 Å². The number of nitrogens with one attached hydrogen (secondary N) is 2. The molecule has 0 saturated carbocycles. The van der Waals surface area contributed by atoms with E-state index >= 15 is 0 Å². The molecule has 0 saturated heterocycles. The summed E-state index contributed by atoms with van der Waals surface area (Å²) in [5, 5.41) is 7.68. The van der Waals surface area contributed by atoms with Crippen LogP contribution in [0.25, 0.3) is 17.0 Å². The lowest BCUT2D eigenvalue weighted by Gasteiger charge is -2.17. The number of aromatic amines is 1. The Hall–Kier alpha value is -3.40. The Bertz CT molecular complexity index is 1280. The molecule has 0 aliphatic carbocycles. The molecule has 2 N–H and O–H groups in total. The Labute approximate surface area is 182 Å². The zero-order valence-electron chi connectivity index (χ0n) is 17.3. The minimum Gasteiger partial charge on any atom is -0.491 e. The zero-order valence-corrected chi connectivity index (χ0v) is 18.1. The van der Waals surface area contributed by atoms with Gasteiger partial charge in [0.2, 0.25) is 5.91 Å². The number of hydrogen-bond donors (Lipinski definition) is 2. The summed E-state index contributed by atoms with van der Waals surface area (Å²) in [5.41, 5.74) is 4.01. The topological polar surface area (TPSA) is 111 Å². The normalized spacial score (nSPS) is 16.3. The maximum Gasteiger partial charge on any atom is 0.235 e. The van der Waals surface area contributed by atoms with Gasteiger partial charge in [0.05, 0.1) is 29.1 Å². The molecule has 0 bridgehead atoms. The molecule has 1 unspecified atom stereocenters. The minimum absolute atomic E-state index is 0.0786. The third kappa shape index (κ3) is 3.52. The van der Waals surface area contributed by atoms with Crippen LogP contribution in [-0.4, -0.2) is 47.5 Å². The first-order chi connectivity index (χ1) is 15.0. The number of amides is 1. The van der Waals surface area contributed by atoms with Gasteiger partial charge in [-0.1, -0.05) is 12.1 Å². The third-order valence-electron chi connectivity index (χ3n) is 4.94. The van der Waals surface area contributed by atoms with Crippen molar-refractivity contribution in [2.75, 3.05) is 11.1 Å². The Morgan fingerprint density at radius 1 is 1.26 bits per heavy atom. The number of carbonyl (C=O) groups is 1. The first-order valence-electron chi connectivity index (χ1n) is 9.93. The molecule has 0 radical (unpaired) electrons. The number of ether oxygens (including phenoxy) is 1. The highest BCUT2D eigenvalue weighted by Gasteiger charge is 2.31. The number of imidazole rings is 1. The SMILES string of the molecule is Cc1nn(-c2ncnc3nc[nH]c23)c2c1C(c1cccc(OC(C)C)c1)SCC(=O)N2. The molecular formula is C21H21N7O2S. The Morgan fingerprint density at radius 3 is 2.97 bits per heavy atom. The van der Waals surface area contributed by atoms with Gasteiger partial charge in [0.25, 0.3) is 0 Å². The number of thioether (sulfide) groups is 1. The third-order valence-corrected chi connectivity index (χ3v) is 6.21. The smallest absolute Gasteiger partial charge is 0.235 e. The molecule has 31 heavy (non-hydrogen) atoms. The first-order valence-corrected chi connectivity index (χ1v) is 11.0. The van der Waals surface area contributed by atoms with Crippen molar-refractivity contribution < 1.29 is 9.53 Å². The van der Waals surface area contributed by atoms with Crippen molar-refractivity contribution in [3.8, 4) is 11.6 Å². The summed E-state index contributed by atoms with van der Waals surface area (Å²) in [6.07, 6.45) is 3.09. The van der Waals surface area contributed by atoms with Crippen LogP contribution in [0.2, 0.25) is 0 Å². The molecule has 1 amide bonds. The number of aryl methyl sites for hydroxylation is 1. The summed E-state index contributed by atoms with van der Waals surface area (Å²) in [7, 11) is 0. The van der Waals surface area contributed by atoms with E-state index in [4.69, 9.17) is 9.84 Å². The van der Waals surface area contributed by atoms with Gasteiger partial charge >= 0.3 is 0 Å². The second kappa shape index (κ2) is 7.69. The highest BCUT2D eigenvalue weighted by molar-refractivity contribution is 8.00. The van der Waals surface area contributed by atoms with Gasteiger partial charge in [-0.2, -0.15) is 9.78 Å². The van der Waals surface area contributed by atoms with Crippen LogP contribution in [0.5, 0.6) is 5.75 Å². The molecule has 10 heteroatoms. The van der Waals surface area contributed by atoms with E-state index in [1.807, 2.05) is 39.0 Å². The lowest BCUT2D eigenvalue weighted by molar-refractivity contribution is -0.113. The molecule has 4 heterocycles. The number of aromatic nitrogens is 6. The highest BCUT2D eigenvalue weighted by Crippen LogP contribution is 2.44. The van der Waals surface area contributed by atoms with E-state index in [9.17, 15) is 4.79 Å². The van der Waals surface area contributed by atoms with Crippen LogP contribution in [0.1, 0.15) is 35.9 Å². The van der Waals surface area contributed by atoms with Crippen LogP contribution in [0.4, 0.5) is 5.82 Å². The fourth-order valence-electron chi connectivity index (χ4n) is 3.74. The van der Waals surface area contributed by atoms with Gasteiger partial charge in [-0.15, -0.1) is 11.8 Å². The van der Waals surface area contributed by atoms with Crippen molar-refractivity contribution in [2.45, 2.75) is 32.1 Å². The van der Waals surface area contributed by atoms with E-state index < -0.39 is 0 Å². The molecule has 3 aromatic heterocycles. The number of fused-ring (bicyclic) bond motifs is 2. The van der Waals surface area contributed by atoms with Crippen molar-refractivity contribution in [1.29, 1.82) is 0 Å². The molecule has 5 rings (SSSR count). The predicted molar refractivity (Wildman–Crippen MR) is 119 cm³/mol. The lowest BCUT2D eigenvalue weighted by atomic mass is 10.0. The fraction of sp³-hybridized carbons (Fsp3) is 0.286. The second-order valence-electron chi connectivity index (χ2n) is 7.54. The molecule has 9 nitrogen and oxygen atoms in total. The summed E-state index contributed by atoms with van der Waals surface area (Å²) in [6, 6.07) is 8.01. The van der Waals surface area contributed by atoms with Crippen molar-refractivity contribution in [3.05, 3.63) is 53.7 Å². The summed E-state index contributed by atoms with van der Waals surface area (Å²) >= 11 is 1.57. The highest BCUT2D eigenvalue weighted by atomic mass is 32.2. The van der Waals surface area contributed by atoms with E-state index in [0.29, 0.717) is 28.6 Å². The van der Waals surface area contributed by atoms with E-state index in [1.54, 1.807) is 22.8 Å². The molecule has 158 valence electrons. The monoisotopic (exact) mass is 435 g/mol. The maximum atomic E-state index is 12.6. The molecule has 0 fully saturated rings. The predicted octanol–water partition coefficient (Wildman–Crippen LogP) is 3.41. The molecule has 4 aromatic rings. The number of benzene rings is 1. The molecule has 1 aromatic carbocycles. The Balaban J connectivity index is 1.67. The standard InChI is InChI=1S/C21H21N7O2S/c1-11(2)30-14-6-4-5-13(7-14)18-16-12(3)27-28(20(16)26-15(29)8-31-18)21-17-19(23-9-22-17)24-10-25-21/h4-7,9-11,18H,8H2,1-3H3,(H,26,29)(H,22,23,24,25). The lowest BCUT2D eigenvalue weighted by Crippen LogP contribution is -2.16. The minimum atomic E-state index is -0.0856. The van der Waals surface area contributed by atoms with Gasteiger partial charge < -0.3 is 15.0 Å². The van der Waals surface area contributed by atoms with Gasteiger partial charge in [-0.3, -0.25) is 4.79 Å². The van der Waals surface area contributed by atoms with Crippen molar-refractivity contribution >= 4 is 34.7 Å². The van der Waals surface area contributed by atoms with E-state index in [-0.39, 0.29) is 17.3 Å². The second-order valence-corrected chi connectivity index (χ2v) is 8.63. The Morgan fingerprint density at radius 2 is 2.13 bits per heavy atom. The van der Waals surface area contributed by atoms with Crippen LogP contribution in [-0.2, 0) is 4.79 Å². The number of nitrogens with zero attached hydrogens (tertiary/aromatic N) is 5. The number of anilines is 1. The van der Waals surface area contributed by atoms with E-state index in [2.05, 4.69) is 31.3 Å². The largest absolute Gasteiger partial charge is 0.491 e. The zero-order chi connectivity index (χ0) is 21.5. The van der Waals surface area contributed by atoms with Crippen LogP contribution in [0.3, 0.4) is 0 Å². The van der Waals surface area contributed by atoms with Crippen LogP contribution >= 0.6 is 11.8 Å². The molecule has 1 aliphatic rings. The summed E-state index contributed by atoms with van der Waals surface area (Å²) in [5.74, 6) is 2.20. The number of rotatable bonds is 4. The first kappa shape index (κ1) is 19.6. The fourth-order valence-corrected chi connectivity index (χ4v) is 4.91. The van der Waals surface area contributed by atoms with Gasteiger partial charge in [0.15, 0.2) is 11.5 Å². The van der Waals surface area contributed by atoms with E-state index in [0.717, 1.165) is 22.6 Å². The molecular weight excluding hydrogens is 414 g/mol. The van der Waals surface area contributed by atoms with Gasteiger partial charge in [-0.25, -0.2) is 15.0 Å².